The van der Waals surface area contributed by atoms with E-state index < -0.39 is 0 Å². The Balaban J connectivity index is 1.93. The molecule has 3 rings (SSSR count). The van der Waals surface area contributed by atoms with E-state index in [-0.39, 0.29) is 0 Å². The van der Waals surface area contributed by atoms with E-state index in [1.807, 2.05) is 18.2 Å². The molecule has 90 valence electrons. The molecule has 0 radical (unpaired) electrons. The van der Waals surface area contributed by atoms with E-state index >= 15 is 0 Å². The van der Waals surface area contributed by atoms with Gasteiger partial charge in [0.25, 0.3) is 0 Å². The molecule has 0 aliphatic heterocycles. The minimum atomic E-state index is 0.562. The molecule has 3 aromatic rings. The smallest absolute Gasteiger partial charge is 0.111 e. The van der Waals surface area contributed by atoms with Gasteiger partial charge in [-0.05, 0) is 23.8 Å². The molecule has 2 aromatic heterocycles. The number of hydrogen-bond acceptors (Lipinski definition) is 2. The van der Waals surface area contributed by atoms with Crippen molar-refractivity contribution in [3.8, 4) is 0 Å². The molecule has 2 heterocycles. The van der Waals surface area contributed by atoms with Gasteiger partial charge in [0.15, 0.2) is 0 Å². The van der Waals surface area contributed by atoms with Crippen molar-refractivity contribution in [3.63, 3.8) is 0 Å². The summed E-state index contributed by atoms with van der Waals surface area (Å²) >= 11 is 11.9. The van der Waals surface area contributed by atoms with Gasteiger partial charge in [-0.2, -0.15) is 0 Å². The first kappa shape index (κ1) is 11.5. The molecule has 0 aliphatic carbocycles. The second-order valence-corrected chi connectivity index (χ2v) is 4.82. The number of nitrogens with one attached hydrogen (secondary N) is 1. The number of pyridine rings is 1. The quantitative estimate of drug-likeness (QED) is 0.773. The number of aromatic nitrogens is 3. The summed E-state index contributed by atoms with van der Waals surface area (Å²) in [7, 11) is 0. The summed E-state index contributed by atoms with van der Waals surface area (Å²) in [4.78, 5) is 11.8. The third-order valence-corrected chi connectivity index (χ3v) is 3.43. The Bertz CT molecular complexity index is 673. The van der Waals surface area contributed by atoms with E-state index in [1.165, 1.54) is 0 Å². The highest BCUT2D eigenvalue weighted by atomic mass is 35.5. The van der Waals surface area contributed by atoms with Gasteiger partial charge in [0, 0.05) is 12.6 Å². The number of nitrogens with zero attached hydrogens (tertiary/aromatic N) is 2. The summed E-state index contributed by atoms with van der Waals surface area (Å²) in [5.74, 6) is 0.886. The van der Waals surface area contributed by atoms with Gasteiger partial charge in [0.05, 0.1) is 27.3 Å². The number of halogens is 2. The Kier molecular flexibility index (Phi) is 2.94. The van der Waals surface area contributed by atoms with Crippen LogP contribution in [-0.2, 0) is 6.42 Å². The van der Waals surface area contributed by atoms with Crippen molar-refractivity contribution < 1.29 is 0 Å². The van der Waals surface area contributed by atoms with Crippen LogP contribution >= 0.6 is 23.2 Å². The van der Waals surface area contributed by atoms with E-state index in [2.05, 4.69) is 15.0 Å². The third-order valence-electron chi connectivity index (χ3n) is 2.69. The lowest BCUT2D eigenvalue weighted by atomic mass is 10.1. The zero-order valence-corrected chi connectivity index (χ0v) is 10.8. The van der Waals surface area contributed by atoms with Crippen LogP contribution in [0.4, 0.5) is 0 Å². The SMILES string of the molecule is Clc1ccc(Cc2nc3ccncc3[nH]2)cc1Cl. The lowest BCUT2D eigenvalue weighted by Gasteiger charge is -2.00. The molecule has 1 aromatic carbocycles. The Labute approximate surface area is 114 Å². The highest BCUT2D eigenvalue weighted by molar-refractivity contribution is 6.42. The molecule has 0 fully saturated rings. The average Bonchev–Trinajstić information content (AvgIpc) is 2.76. The first-order valence-electron chi connectivity index (χ1n) is 5.45. The minimum Gasteiger partial charge on any atom is -0.340 e. The second kappa shape index (κ2) is 4.59. The van der Waals surface area contributed by atoms with Crippen LogP contribution in [0.2, 0.25) is 10.0 Å². The first-order chi connectivity index (χ1) is 8.72. The molecule has 0 aliphatic rings. The van der Waals surface area contributed by atoms with Crippen molar-refractivity contribution in [2.24, 2.45) is 0 Å². The number of fused-ring (bicyclic) bond motifs is 1. The van der Waals surface area contributed by atoms with Crippen LogP contribution in [0, 0.1) is 0 Å². The lowest BCUT2D eigenvalue weighted by Crippen LogP contribution is -1.90. The lowest BCUT2D eigenvalue weighted by molar-refractivity contribution is 1.04. The van der Waals surface area contributed by atoms with Gasteiger partial charge in [0.1, 0.15) is 5.82 Å². The van der Waals surface area contributed by atoms with E-state index in [9.17, 15) is 0 Å². The van der Waals surface area contributed by atoms with Crippen molar-refractivity contribution in [1.29, 1.82) is 0 Å². The highest BCUT2D eigenvalue weighted by Crippen LogP contribution is 2.23. The standard InChI is InChI=1S/C13H9Cl2N3/c14-9-2-1-8(5-10(9)15)6-13-17-11-3-4-16-7-12(11)18-13/h1-5,7H,6H2,(H,17,18). The van der Waals surface area contributed by atoms with Crippen molar-refractivity contribution in [3.05, 3.63) is 58.1 Å². The molecule has 5 heteroatoms. The van der Waals surface area contributed by atoms with Gasteiger partial charge in [-0.1, -0.05) is 29.3 Å². The minimum absolute atomic E-state index is 0.562. The molecule has 0 spiro atoms. The summed E-state index contributed by atoms with van der Waals surface area (Å²) in [6, 6.07) is 7.47. The predicted octanol–water partition coefficient (Wildman–Crippen LogP) is 3.86. The molecule has 0 saturated carbocycles. The molecule has 0 bridgehead atoms. The normalized spacial score (nSPS) is 11.0. The van der Waals surface area contributed by atoms with Crippen LogP contribution < -0.4 is 0 Å². The summed E-state index contributed by atoms with van der Waals surface area (Å²) in [5.41, 5.74) is 2.92. The molecule has 0 unspecified atom stereocenters. The fraction of sp³-hybridized carbons (Fsp3) is 0.0769. The number of aromatic amines is 1. The van der Waals surface area contributed by atoms with E-state index in [4.69, 9.17) is 23.2 Å². The van der Waals surface area contributed by atoms with Crippen LogP contribution in [0.5, 0.6) is 0 Å². The van der Waals surface area contributed by atoms with Gasteiger partial charge in [-0.15, -0.1) is 0 Å². The van der Waals surface area contributed by atoms with Crippen molar-refractivity contribution >= 4 is 34.2 Å². The Morgan fingerprint density at radius 3 is 2.78 bits per heavy atom. The summed E-state index contributed by atoms with van der Waals surface area (Å²) in [6.45, 7) is 0. The van der Waals surface area contributed by atoms with Crippen LogP contribution in [0.15, 0.2) is 36.7 Å². The maximum atomic E-state index is 5.99. The topological polar surface area (TPSA) is 41.6 Å². The van der Waals surface area contributed by atoms with E-state index in [0.29, 0.717) is 16.5 Å². The van der Waals surface area contributed by atoms with Gasteiger partial charge >= 0.3 is 0 Å². The van der Waals surface area contributed by atoms with Crippen molar-refractivity contribution in [2.45, 2.75) is 6.42 Å². The van der Waals surface area contributed by atoms with Gasteiger partial charge in [0.2, 0.25) is 0 Å². The van der Waals surface area contributed by atoms with E-state index in [0.717, 1.165) is 22.4 Å². The number of imidazole rings is 1. The zero-order chi connectivity index (χ0) is 12.5. The summed E-state index contributed by atoms with van der Waals surface area (Å²) in [6.07, 6.45) is 4.18. The van der Waals surface area contributed by atoms with Gasteiger partial charge in [-0.3, -0.25) is 4.98 Å². The molecule has 0 atom stereocenters. The first-order valence-corrected chi connectivity index (χ1v) is 6.20. The molecule has 18 heavy (non-hydrogen) atoms. The fourth-order valence-corrected chi connectivity index (χ4v) is 2.16. The number of H-pyrrole nitrogens is 1. The van der Waals surface area contributed by atoms with E-state index in [1.54, 1.807) is 18.5 Å². The van der Waals surface area contributed by atoms with Crippen molar-refractivity contribution in [2.75, 3.05) is 0 Å². The monoisotopic (exact) mass is 277 g/mol. The average molecular weight is 278 g/mol. The second-order valence-electron chi connectivity index (χ2n) is 4.00. The van der Waals surface area contributed by atoms with Gasteiger partial charge < -0.3 is 4.98 Å². The van der Waals surface area contributed by atoms with Crippen LogP contribution in [0.3, 0.4) is 0 Å². The Morgan fingerprint density at radius 1 is 1.11 bits per heavy atom. The molecule has 1 N–H and O–H groups in total. The molecular weight excluding hydrogens is 269 g/mol. The Morgan fingerprint density at radius 2 is 2.00 bits per heavy atom. The molecule has 3 nitrogen and oxygen atoms in total. The zero-order valence-electron chi connectivity index (χ0n) is 9.32. The third kappa shape index (κ3) is 2.19. The van der Waals surface area contributed by atoms with Crippen molar-refractivity contribution in [1.82, 2.24) is 15.0 Å². The van der Waals surface area contributed by atoms with Crippen LogP contribution in [0.1, 0.15) is 11.4 Å². The molecule has 0 saturated heterocycles. The number of hydrogen-bond donors (Lipinski definition) is 1. The highest BCUT2D eigenvalue weighted by Gasteiger charge is 2.05. The maximum absolute atomic E-state index is 5.99. The molecular formula is C13H9Cl2N3. The van der Waals surface area contributed by atoms with Gasteiger partial charge in [-0.25, -0.2) is 4.98 Å². The molecule has 0 amide bonds. The maximum Gasteiger partial charge on any atom is 0.111 e. The number of benzene rings is 1. The largest absolute Gasteiger partial charge is 0.340 e. The Hall–Kier alpha value is -1.58. The predicted molar refractivity (Wildman–Crippen MR) is 73.2 cm³/mol. The van der Waals surface area contributed by atoms with Crippen LogP contribution in [0.25, 0.3) is 11.0 Å². The fourth-order valence-electron chi connectivity index (χ4n) is 1.84. The van der Waals surface area contributed by atoms with Crippen LogP contribution in [-0.4, -0.2) is 15.0 Å². The summed E-state index contributed by atoms with van der Waals surface area (Å²) < 4.78 is 0. The summed E-state index contributed by atoms with van der Waals surface area (Å²) in [5, 5.41) is 1.13. The number of rotatable bonds is 2.